The third kappa shape index (κ3) is 3.86. The minimum Gasteiger partial charge on any atom is -0.493 e. The predicted octanol–water partition coefficient (Wildman–Crippen LogP) is 4.46. The zero-order valence-corrected chi connectivity index (χ0v) is 16.6. The van der Waals surface area contributed by atoms with Crippen LogP contribution in [0.15, 0.2) is 59.5 Å². The average Bonchev–Trinajstić information content (AvgIpc) is 2.91. The Morgan fingerprint density at radius 2 is 1.77 bits per heavy atom. The lowest BCUT2D eigenvalue weighted by Gasteiger charge is -2.10. The molecule has 0 aliphatic rings. The number of rotatable bonds is 4. The fourth-order valence-corrected chi connectivity index (χ4v) is 3.62. The number of benzene rings is 2. The number of alkyl halides is 3. The Balaban J connectivity index is 1.75. The molecular formula is C22H18F3N3O3. The largest absolute Gasteiger partial charge is 0.573 e. The van der Waals surface area contributed by atoms with E-state index >= 15 is 0 Å². The van der Waals surface area contributed by atoms with Gasteiger partial charge in [-0.2, -0.15) is 0 Å². The molecular weight excluding hydrogens is 411 g/mol. The number of aromatic hydroxyl groups is 1. The summed E-state index contributed by atoms with van der Waals surface area (Å²) < 4.78 is 43.4. The Hall–Kier alpha value is -3.75. The van der Waals surface area contributed by atoms with Gasteiger partial charge in [-0.1, -0.05) is 12.1 Å². The van der Waals surface area contributed by atoms with Crippen molar-refractivity contribution in [1.29, 1.82) is 0 Å². The SMILES string of the molecule is Cc1cccc2nccc(Cn3c(C)c(O)n(-c4ccc(OC(F)(F)F)cc4)c3=O)c12. The molecule has 0 amide bonds. The van der Waals surface area contributed by atoms with Gasteiger partial charge in [-0.25, -0.2) is 9.36 Å². The van der Waals surface area contributed by atoms with E-state index in [0.29, 0.717) is 5.69 Å². The van der Waals surface area contributed by atoms with E-state index in [-0.39, 0.29) is 18.1 Å². The molecule has 4 rings (SSSR count). The van der Waals surface area contributed by atoms with Crippen molar-refractivity contribution in [3.63, 3.8) is 0 Å². The third-order valence-corrected chi connectivity index (χ3v) is 5.08. The van der Waals surface area contributed by atoms with Crippen molar-refractivity contribution < 1.29 is 23.0 Å². The number of nitrogens with zero attached hydrogens (tertiary/aromatic N) is 3. The van der Waals surface area contributed by atoms with E-state index in [0.717, 1.165) is 38.7 Å². The van der Waals surface area contributed by atoms with Crippen LogP contribution in [0.3, 0.4) is 0 Å². The van der Waals surface area contributed by atoms with Crippen molar-refractivity contribution in [2.45, 2.75) is 26.8 Å². The van der Waals surface area contributed by atoms with Gasteiger partial charge in [0.05, 0.1) is 23.4 Å². The van der Waals surface area contributed by atoms with Crippen LogP contribution in [-0.4, -0.2) is 25.6 Å². The number of aryl methyl sites for hydroxylation is 1. The quantitative estimate of drug-likeness (QED) is 0.520. The Morgan fingerprint density at radius 1 is 1.06 bits per heavy atom. The van der Waals surface area contributed by atoms with Crippen LogP contribution >= 0.6 is 0 Å². The normalized spacial score (nSPS) is 11.8. The molecule has 0 radical (unpaired) electrons. The van der Waals surface area contributed by atoms with Gasteiger partial charge in [-0.3, -0.25) is 9.55 Å². The molecule has 31 heavy (non-hydrogen) atoms. The Morgan fingerprint density at radius 3 is 2.45 bits per heavy atom. The molecule has 160 valence electrons. The summed E-state index contributed by atoms with van der Waals surface area (Å²) in [6.45, 7) is 3.76. The maximum absolute atomic E-state index is 13.1. The van der Waals surface area contributed by atoms with Crippen LogP contribution in [0.25, 0.3) is 16.6 Å². The monoisotopic (exact) mass is 429 g/mol. The minimum absolute atomic E-state index is 0.199. The zero-order chi connectivity index (χ0) is 22.3. The standard InChI is InChI=1S/C22H18F3N3O3/c1-13-4-3-5-18-19(13)15(10-11-26-18)12-27-14(2)20(29)28(21(27)30)16-6-8-17(9-7-16)31-22(23,24)25/h3-11,29H,12H2,1-2H3. The van der Waals surface area contributed by atoms with E-state index in [4.69, 9.17) is 0 Å². The number of aromatic nitrogens is 3. The van der Waals surface area contributed by atoms with Crippen molar-refractivity contribution in [3.05, 3.63) is 82.0 Å². The second kappa shape index (κ2) is 7.50. The smallest absolute Gasteiger partial charge is 0.493 e. The molecule has 2 aromatic carbocycles. The molecule has 0 aliphatic carbocycles. The summed E-state index contributed by atoms with van der Waals surface area (Å²) in [5.41, 5.74) is 2.70. The molecule has 0 unspecified atom stereocenters. The number of hydrogen-bond acceptors (Lipinski definition) is 4. The maximum atomic E-state index is 13.1. The fraction of sp³-hybridized carbons (Fsp3) is 0.182. The van der Waals surface area contributed by atoms with Crippen molar-refractivity contribution in [1.82, 2.24) is 14.1 Å². The highest BCUT2D eigenvalue weighted by atomic mass is 19.4. The first-order valence-corrected chi connectivity index (χ1v) is 9.36. The highest BCUT2D eigenvalue weighted by Gasteiger charge is 2.31. The minimum atomic E-state index is -4.81. The first-order chi connectivity index (χ1) is 14.7. The molecule has 2 heterocycles. The van der Waals surface area contributed by atoms with E-state index in [1.165, 1.54) is 16.7 Å². The van der Waals surface area contributed by atoms with Gasteiger partial charge >= 0.3 is 12.1 Å². The van der Waals surface area contributed by atoms with E-state index in [9.17, 15) is 23.1 Å². The second-order valence-electron chi connectivity index (χ2n) is 7.09. The zero-order valence-electron chi connectivity index (χ0n) is 16.6. The number of halogens is 3. The Kier molecular flexibility index (Phi) is 4.96. The van der Waals surface area contributed by atoms with Gasteiger partial charge in [0, 0.05) is 11.6 Å². The van der Waals surface area contributed by atoms with E-state index < -0.39 is 17.8 Å². The highest BCUT2D eigenvalue weighted by molar-refractivity contribution is 5.85. The van der Waals surface area contributed by atoms with Crippen LogP contribution in [0.1, 0.15) is 16.8 Å². The second-order valence-corrected chi connectivity index (χ2v) is 7.09. The van der Waals surface area contributed by atoms with Gasteiger partial charge < -0.3 is 9.84 Å². The number of ether oxygens (including phenoxy) is 1. The summed E-state index contributed by atoms with van der Waals surface area (Å²) in [6, 6.07) is 12.3. The van der Waals surface area contributed by atoms with E-state index in [2.05, 4.69) is 9.72 Å². The summed E-state index contributed by atoms with van der Waals surface area (Å²) in [4.78, 5) is 17.4. The van der Waals surface area contributed by atoms with E-state index in [1.54, 1.807) is 13.1 Å². The lowest BCUT2D eigenvalue weighted by Crippen LogP contribution is -2.24. The van der Waals surface area contributed by atoms with Gasteiger partial charge in [-0.05, 0) is 61.4 Å². The summed E-state index contributed by atoms with van der Waals surface area (Å²) in [6.07, 6.45) is -3.15. The van der Waals surface area contributed by atoms with Crippen molar-refractivity contribution >= 4 is 10.9 Å². The summed E-state index contributed by atoms with van der Waals surface area (Å²) in [5, 5.41) is 11.5. The van der Waals surface area contributed by atoms with Gasteiger partial charge in [-0.15, -0.1) is 13.2 Å². The Labute approximate surface area is 174 Å². The highest BCUT2D eigenvalue weighted by Crippen LogP contribution is 2.27. The molecule has 0 aliphatic heterocycles. The van der Waals surface area contributed by atoms with Crippen LogP contribution in [0.4, 0.5) is 13.2 Å². The first kappa shape index (κ1) is 20.5. The van der Waals surface area contributed by atoms with Crippen LogP contribution < -0.4 is 10.4 Å². The first-order valence-electron chi connectivity index (χ1n) is 9.36. The van der Waals surface area contributed by atoms with Crippen molar-refractivity contribution in [3.8, 4) is 17.3 Å². The molecule has 2 aromatic heterocycles. The van der Waals surface area contributed by atoms with Crippen LogP contribution in [0, 0.1) is 13.8 Å². The average molecular weight is 429 g/mol. The number of pyridine rings is 1. The summed E-state index contributed by atoms with van der Waals surface area (Å²) >= 11 is 0. The van der Waals surface area contributed by atoms with Gasteiger partial charge in [0.25, 0.3) is 0 Å². The van der Waals surface area contributed by atoms with Gasteiger partial charge in [0.15, 0.2) is 0 Å². The molecule has 6 nitrogen and oxygen atoms in total. The number of hydrogen-bond donors (Lipinski definition) is 1. The lowest BCUT2D eigenvalue weighted by atomic mass is 10.0. The molecule has 4 aromatic rings. The van der Waals surface area contributed by atoms with Crippen LogP contribution in [0.2, 0.25) is 0 Å². The molecule has 0 atom stereocenters. The van der Waals surface area contributed by atoms with Crippen LogP contribution in [0.5, 0.6) is 11.6 Å². The van der Waals surface area contributed by atoms with Crippen molar-refractivity contribution in [2.75, 3.05) is 0 Å². The maximum Gasteiger partial charge on any atom is 0.573 e. The topological polar surface area (TPSA) is 69.3 Å². The molecule has 0 saturated heterocycles. The van der Waals surface area contributed by atoms with Gasteiger partial charge in [0.2, 0.25) is 5.88 Å². The number of imidazole rings is 1. The van der Waals surface area contributed by atoms with Gasteiger partial charge in [0.1, 0.15) is 5.75 Å². The fourth-order valence-electron chi connectivity index (χ4n) is 3.62. The molecule has 1 N–H and O–H groups in total. The molecule has 0 fully saturated rings. The van der Waals surface area contributed by atoms with E-state index in [1.807, 2.05) is 31.2 Å². The Bertz CT molecular complexity index is 1320. The molecule has 0 saturated carbocycles. The summed E-state index contributed by atoms with van der Waals surface area (Å²) in [5.74, 6) is -0.705. The number of fused-ring (bicyclic) bond motifs is 1. The molecule has 0 spiro atoms. The molecule has 0 bridgehead atoms. The van der Waals surface area contributed by atoms with Crippen molar-refractivity contribution in [2.24, 2.45) is 0 Å². The summed E-state index contributed by atoms with van der Waals surface area (Å²) in [7, 11) is 0. The predicted molar refractivity (Wildman–Crippen MR) is 109 cm³/mol. The lowest BCUT2D eigenvalue weighted by molar-refractivity contribution is -0.274. The third-order valence-electron chi connectivity index (χ3n) is 5.08. The molecule has 9 heteroatoms. The van der Waals surface area contributed by atoms with Crippen LogP contribution in [-0.2, 0) is 6.54 Å².